The quantitative estimate of drug-likeness (QED) is 0.821. The summed E-state index contributed by atoms with van der Waals surface area (Å²) >= 11 is 12.2. The molecule has 0 aromatic heterocycles. The van der Waals surface area contributed by atoms with E-state index in [2.05, 4.69) is 24.5 Å². The summed E-state index contributed by atoms with van der Waals surface area (Å²) in [5.41, 5.74) is 0.985. The van der Waals surface area contributed by atoms with Gasteiger partial charge in [0.2, 0.25) is 5.91 Å². The second-order valence-electron chi connectivity index (χ2n) is 5.30. The Balaban J connectivity index is 0.00000220. The SMILES string of the molecule is CCN[C@H](C)CNC(=O)C1CC1c1cccc(Cl)c1Cl.Cl. The van der Waals surface area contributed by atoms with E-state index in [1.54, 1.807) is 6.07 Å². The summed E-state index contributed by atoms with van der Waals surface area (Å²) in [6, 6.07) is 5.89. The van der Waals surface area contributed by atoms with E-state index < -0.39 is 0 Å². The van der Waals surface area contributed by atoms with Crippen molar-refractivity contribution in [2.45, 2.75) is 32.2 Å². The number of amides is 1. The Morgan fingerprint density at radius 2 is 2.14 bits per heavy atom. The van der Waals surface area contributed by atoms with E-state index in [0.717, 1.165) is 18.5 Å². The van der Waals surface area contributed by atoms with Gasteiger partial charge in [0, 0.05) is 18.5 Å². The van der Waals surface area contributed by atoms with Gasteiger partial charge >= 0.3 is 0 Å². The van der Waals surface area contributed by atoms with E-state index in [-0.39, 0.29) is 36.2 Å². The third-order valence-electron chi connectivity index (χ3n) is 3.64. The predicted molar refractivity (Wildman–Crippen MR) is 90.7 cm³/mol. The van der Waals surface area contributed by atoms with Gasteiger partial charge in [-0.25, -0.2) is 0 Å². The van der Waals surface area contributed by atoms with Gasteiger partial charge in [0.05, 0.1) is 10.0 Å². The van der Waals surface area contributed by atoms with Gasteiger partial charge < -0.3 is 10.6 Å². The topological polar surface area (TPSA) is 41.1 Å². The van der Waals surface area contributed by atoms with Crippen LogP contribution in [0.3, 0.4) is 0 Å². The third-order valence-corrected chi connectivity index (χ3v) is 4.48. The zero-order valence-corrected chi connectivity index (χ0v) is 14.5. The first-order valence-corrected chi connectivity index (χ1v) is 7.75. The predicted octanol–water partition coefficient (Wildman–Crippen LogP) is 3.63. The normalized spacial score (nSPS) is 21.3. The Morgan fingerprint density at radius 3 is 2.81 bits per heavy atom. The number of likely N-dealkylation sites (N-methyl/N-ethyl adjacent to an activating group) is 1. The first-order chi connectivity index (χ1) is 9.54. The van der Waals surface area contributed by atoms with E-state index in [0.29, 0.717) is 16.6 Å². The molecule has 0 aliphatic heterocycles. The number of nitrogens with one attached hydrogen (secondary N) is 2. The molecule has 0 bridgehead atoms. The molecule has 1 aromatic rings. The van der Waals surface area contributed by atoms with Gasteiger partial charge in [-0.15, -0.1) is 12.4 Å². The Hall–Kier alpha value is -0.480. The van der Waals surface area contributed by atoms with Gasteiger partial charge in [0.1, 0.15) is 0 Å². The lowest BCUT2D eigenvalue weighted by molar-refractivity contribution is -0.122. The fraction of sp³-hybridized carbons (Fsp3) is 0.533. The van der Waals surface area contributed by atoms with Crippen molar-refractivity contribution in [3.05, 3.63) is 33.8 Å². The average Bonchev–Trinajstić information content (AvgIpc) is 3.20. The van der Waals surface area contributed by atoms with Crippen LogP contribution in [0.25, 0.3) is 0 Å². The van der Waals surface area contributed by atoms with E-state index >= 15 is 0 Å². The van der Waals surface area contributed by atoms with E-state index in [9.17, 15) is 4.79 Å². The van der Waals surface area contributed by atoms with Crippen LogP contribution in [-0.4, -0.2) is 25.0 Å². The van der Waals surface area contributed by atoms with E-state index in [1.807, 2.05) is 12.1 Å². The van der Waals surface area contributed by atoms with Crippen molar-refractivity contribution in [1.82, 2.24) is 10.6 Å². The van der Waals surface area contributed by atoms with Crippen LogP contribution in [0.15, 0.2) is 18.2 Å². The zero-order valence-electron chi connectivity index (χ0n) is 12.2. The van der Waals surface area contributed by atoms with Gasteiger partial charge in [-0.2, -0.15) is 0 Å². The number of carbonyl (C=O) groups is 1. The minimum absolute atomic E-state index is 0. The molecular weight excluding hydrogens is 331 g/mol. The summed E-state index contributed by atoms with van der Waals surface area (Å²) in [5.74, 6) is 0.339. The van der Waals surface area contributed by atoms with E-state index in [1.165, 1.54) is 0 Å². The highest BCUT2D eigenvalue weighted by molar-refractivity contribution is 6.42. The monoisotopic (exact) mass is 350 g/mol. The van der Waals surface area contributed by atoms with Crippen molar-refractivity contribution in [3.63, 3.8) is 0 Å². The molecule has 1 aliphatic rings. The minimum atomic E-state index is 0. The molecule has 1 amide bonds. The van der Waals surface area contributed by atoms with Gasteiger partial charge in [0.25, 0.3) is 0 Å². The van der Waals surface area contributed by atoms with Crippen LogP contribution in [0.2, 0.25) is 10.0 Å². The number of halogens is 3. The summed E-state index contributed by atoms with van der Waals surface area (Å²) < 4.78 is 0. The average molecular weight is 352 g/mol. The molecular formula is C15H21Cl3N2O. The highest BCUT2D eigenvalue weighted by atomic mass is 35.5. The van der Waals surface area contributed by atoms with Crippen LogP contribution < -0.4 is 10.6 Å². The molecule has 1 saturated carbocycles. The fourth-order valence-corrected chi connectivity index (χ4v) is 2.89. The van der Waals surface area contributed by atoms with Crippen LogP contribution in [0.5, 0.6) is 0 Å². The summed E-state index contributed by atoms with van der Waals surface area (Å²) in [7, 11) is 0. The van der Waals surface area contributed by atoms with Crippen molar-refractivity contribution < 1.29 is 4.79 Å². The van der Waals surface area contributed by atoms with E-state index in [4.69, 9.17) is 23.2 Å². The van der Waals surface area contributed by atoms with Gasteiger partial charge in [-0.05, 0) is 37.4 Å². The van der Waals surface area contributed by atoms with Gasteiger partial charge in [-0.1, -0.05) is 42.3 Å². The van der Waals surface area contributed by atoms with Crippen molar-refractivity contribution in [1.29, 1.82) is 0 Å². The van der Waals surface area contributed by atoms with Crippen LogP contribution in [-0.2, 0) is 4.79 Å². The fourth-order valence-electron chi connectivity index (χ4n) is 2.44. The molecule has 0 radical (unpaired) electrons. The largest absolute Gasteiger partial charge is 0.354 e. The van der Waals surface area contributed by atoms with Gasteiger partial charge in [0.15, 0.2) is 0 Å². The Kier molecular flexibility index (Phi) is 7.28. The van der Waals surface area contributed by atoms with Crippen LogP contribution >= 0.6 is 35.6 Å². The smallest absolute Gasteiger partial charge is 0.223 e. The van der Waals surface area contributed by atoms with Gasteiger partial charge in [-0.3, -0.25) is 4.79 Å². The first-order valence-electron chi connectivity index (χ1n) is 6.99. The molecule has 2 rings (SSSR count). The molecule has 3 nitrogen and oxygen atoms in total. The molecule has 1 fully saturated rings. The third kappa shape index (κ3) is 4.75. The maximum absolute atomic E-state index is 12.1. The summed E-state index contributed by atoms with van der Waals surface area (Å²) in [6.45, 7) is 5.67. The number of hydrogen-bond donors (Lipinski definition) is 2. The molecule has 0 spiro atoms. The summed E-state index contributed by atoms with van der Waals surface area (Å²) in [6.07, 6.45) is 0.849. The molecule has 2 unspecified atom stereocenters. The lowest BCUT2D eigenvalue weighted by atomic mass is 10.1. The maximum Gasteiger partial charge on any atom is 0.223 e. The van der Waals surface area contributed by atoms with Crippen molar-refractivity contribution in [3.8, 4) is 0 Å². The molecule has 0 heterocycles. The number of hydrogen-bond acceptors (Lipinski definition) is 2. The molecule has 0 saturated heterocycles. The lowest BCUT2D eigenvalue weighted by Gasteiger charge is -2.13. The van der Waals surface area contributed by atoms with Crippen LogP contribution in [0.4, 0.5) is 0 Å². The highest BCUT2D eigenvalue weighted by Crippen LogP contribution is 2.50. The molecule has 118 valence electrons. The summed E-state index contributed by atoms with van der Waals surface area (Å²) in [5, 5.41) is 7.38. The molecule has 1 aromatic carbocycles. The molecule has 6 heteroatoms. The first kappa shape index (κ1) is 18.6. The molecule has 21 heavy (non-hydrogen) atoms. The Labute approximate surface area is 142 Å². The standard InChI is InChI=1S/C15H20Cl2N2O.ClH/c1-3-18-9(2)8-19-15(20)12-7-11(12)10-5-4-6-13(16)14(10)17;/h4-6,9,11-12,18H,3,7-8H2,1-2H3,(H,19,20);1H/t9-,11?,12?;/m1./s1. The van der Waals surface area contributed by atoms with Crippen LogP contribution in [0.1, 0.15) is 31.7 Å². The number of benzene rings is 1. The second kappa shape index (κ2) is 8.23. The maximum atomic E-state index is 12.1. The second-order valence-corrected chi connectivity index (χ2v) is 6.08. The highest BCUT2D eigenvalue weighted by Gasteiger charge is 2.44. The molecule has 3 atom stereocenters. The van der Waals surface area contributed by atoms with Crippen molar-refractivity contribution >= 4 is 41.5 Å². The lowest BCUT2D eigenvalue weighted by Crippen LogP contribution is -2.39. The zero-order chi connectivity index (χ0) is 14.7. The molecule has 2 N–H and O–H groups in total. The Bertz CT molecular complexity index is 496. The number of carbonyl (C=O) groups excluding carboxylic acids is 1. The van der Waals surface area contributed by atoms with Crippen LogP contribution in [0, 0.1) is 5.92 Å². The molecule has 1 aliphatic carbocycles. The van der Waals surface area contributed by atoms with Crippen molar-refractivity contribution in [2.75, 3.05) is 13.1 Å². The Morgan fingerprint density at radius 1 is 1.43 bits per heavy atom. The summed E-state index contributed by atoms with van der Waals surface area (Å²) in [4.78, 5) is 12.1. The van der Waals surface area contributed by atoms with Crippen molar-refractivity contribution in [2.24, 2.45) is 5.92 Å². The number of rotatable bonds is 6. The minimum Gasteiger partial charge on any atom is -0.354 e.